The number of nitrogen functional groups attached to an aromatic ring is 1. The molecule has 0 aliphatic carbocycles. The molecule has 1 amide bonds. The molecule has 1 aromatic carbocycles. The predicted octanol–water partition coefficient (Wildman–Crippen LogP) is 2.49. The molecule has 7 heteroatoms. The zero-order valence-electron chi connectivity index (χ0n) is 9.11. The minimum Gasteiger partial charge on any atom is -0.396 e. The molecule has 1 heterocycles. The highest BCUT2D eigenvalue weighted by atomic mass is 35.5. The van der Waals surface area contributed by atoms with E-state index in [1.54, 1.807) is 6.07 Å². The highest BCUT2D eigenvalue weighted by Gasteiger charge is 2.11. The van der Waals surface area contributed by atoms with Gasteiger partial charge in [-0.1, -0.05) is 28.4 Å². The maximum absolute atomic E-state index is 11.8. The van der Waals surface area contributed by atoms with Crippen LogP contribution in [-0.2, 0) is 6.54 Å². The van der Waals surface area contributed by atoms with E-state index in [4.69, 9.17) is 28.9 Å². The summed E-state index contributed by atoms with van der Waals surface area (Å²) in [6.45, 7) is 0.259. The molecule has 0 aliphatic rings. The molecule has 0 unspecified atom stereocenters. The van der Waals surface area contributed by atoms with Crippen LogP contribution in [0.4, 0.5) is 5.69 Å². The van der Waals surface area contributed by atoms with Gasteiger partial charge in [-0.3, -0.25) is 4.79 Å². The normalized spacial score (nSPS) is 10.3. The molecule has 0 radical (unpaired) electrons. The Kier molecular flexibility index (Phi) is 3.74. The molecule has 0 atom stereocenters. The van der Waals surface area contributed by atoms with Gasteiger partial charge in [0.2, 0.25) is 0 Å². The molecule has 94 valence electrons. The summed E-state index contributed by atoms with van der Waals surface area (Å²) < 4.78 is 4.65. The molecule has 2 aromatic rings. The summed E-state index contributed by atoms with van der Waals surface area (Å²) >= 11 is 11.7. The van der Waals surface area contributed by atoms with E-state index in [-0.39, 0.29) is 28.2 Å². The van der Waals surface area contributed by atoms with Crippen LogP contribution in [0.15, 0.2) is 29.0 Å². The fraction of sp³-hybridized carbons (Fsp3) is 0.0909. The largest absolute Gasteiger partial charge is 0.396 e. The van der Waals surface area contributed by atoms with Crippen LogP contribution in [0.2, 0.25) is 10.0 Å². The first-order chi connectivity index (χ1) is 8.58. The van der Waals surface area contributed by atoms with Crippen molar-refractivity contribution in [3.05, 3.63) is 45.8 Å². The third kappa shape index (κ3) is 2.75. The quantitative estimate of drug-likeness (QED) is 0.849. The SMILES string of the molecule is Nc1c(Cl)cc(C(=O)NCc2ccon2)cc1Cl. The standard InChI is InChI=1S/C11H9Cl2N3O2/c12-8-3-6(4-9(13)10(8)14)11(17)15-5-7-1-2-18-16-7/h1-4H,5,14H2,(H,15,17). The highest BCUT2D eigenvalue weighted by Crippen LogP contribution is 2.28. The molecule has 0 saturated carbocycles. The number of halogens is 2. The lowest BCUT2D eigenvalue weighted by atomic mass is 10.2. The fourth-order valence-corrected chi connectivity index (χ4v) is 1.80. The lowest BCUT2D eigenvalue weighted by Gasteiger charge is -2.06. The second-order valence-electron chi connectivity index (χ2n) is 3.53. The Bertz CT molecular complexity index is 547. The van der Waals surface area contributed by atoms with Crippen LogP contribution < -0.4 is 11.1 Å². The van der Waals surface area contributed by atoms with Gasteiger partial charge in [0.05, 0.1) is 22.3 Å². The van der Waals surface area contributed by atoms with Gasteiger partial charge in [-0.2, -0.15) is 0 Å². The third-order valence-electron chi connectivity index (χ3n) is 2.26. The zero-order valence-corrected chi connectivity index (χ0v) is 10.6. The summed E-state index contributed by atoms with van der Waals surface area (Å²) in [4.78, 5) is 11.8. The van der Waals surface area contributed by atoms with Crippen LogP contribution >= 0.6 is 23.2 Å². The van der Waals surface area contributed by atoms with Crippen molar-refractivity contribution < 1.29 is 9.32 Å². The van der Waals surface area contributed by atoms with Gasteiger partial charge >= 0.3 is 0 Å². The van der Waals surface area contributed by atoms with Gasteiger partial charge in [0.25, 0.3) is 5.91 Å². The van der Waals surface area contributed by atoms with Crippen molar-refractivity contribution in [2.45, 2.75) is 6.54 Å². The average Bonchev–Trinajstić information content (AvgIpc) is 2.85. The fourth-order valence-electron chi connectivity index (χ4n) is 1.32. The summed E-state index contributed by atoms with van der Waals surface area (Å²) in [5.41, 5.74) is 6.80. The third-order valence-corrected chi connectivity index (χ3v) is 2.89. The summed E-state index contributed by atoms with van der Waals surface area (Å²) in [5, 5.41) is 6.81. The summed E-state index contributed by atoms with van der Waals surface area (Å²) in [7, 11) is 0. The van der Waals surface area contributed by atoms with Gasteiger partial charge in [-0.25, -0.2) is 0 Å². The number of carbonyl (C=O) groups is 1. The van der Waals surface area contributed by atoms with E-state index in [0.717, 1.165) is 0 Å². The van der Waals surface area contributed by atoms with Crippen molar-refractivity contribution in [1.29, 1.82) is 0 Å². The zero-order chi connectivity index (χ0) is 13.1. The number of carbonyl (C=O) groups excluding carboxylic acids is 1. The lowest BCUT2D eigenvalue weighted by molar-refractivity contribution is 0.0950. The first kappa shape index (κ1) is 12.7. The number of nitrogens with one attached hydrogen (secondary N) is 1. The molecular weight excluding hydrogens is 277 g/mol. The minimum atomic E-state index is -0.318. The maximum atomic E-state index is 11.8. The molecular formula is C11H9Cl2N3O2. The van der Waals surface area contributed by atoms with Crippen LogP contribution in [0.3, 0.4) is 0 Å². The minimum absolute atomic E-state index is 0.245. The number of aromatic nitrogens is 1. The van der Waals surface area contributed by atoms with Gasteiger partial charge in [0.15, 0.2) is 0 Å². The monoisotopic (exact) mass is 285 g/mol. The molecule has 0 aliphatic heterocycles. The Hall–Kier alpha value is -1.72. The van der Waals surface area contributed by atoms with E-state index in [1.807, 2.05) is 0 Å². The number of nitrogens with two attached hydrogens (primary N) is 1. The molecule has 3 N–H and O–H groups in total. The molecule has 1 aromatic heterocycles. The van der Waals surface area contributed by atoms with Gasteiger partial charge in [0, 0.05) is 11.6 Å². The molecule has 0 saturated heterocycles. The average molecular weight is 286 g/mol. The second kappa shape index (κ2) is 5.29. The first-order valence-electron chi connectivity index (χ1n) is 5.00. The Labute approximate surface area is 113 Å². The Morgan fingerprint density at radius 1 is 1.39 bits per heavy atom. The molecule has 0 spiro atoms. The molecule has 18 heavy (non-hydrogen) atoms. The Morgan fingerprint density at radius 2 is 2.06 bits per heavy atom. The van der Waals surface area contributed by atoms with Crippen molar-refractivity contribution in [3.63, 3.8) is 0 Å². The summed E-state index contributed by atoms with van der Waals surface area (Å²) in [5.74, 6) is -0.318. The van der Waals surface area contributed by atoms with Crippen molar-refractivity contribution in [2.24, 2.45) is 0 Å². The number of hydrogen-bond donors (Lipinski definition) is 2. The molecule has 5 nitrogen and oxygen atoms in total. The van der Waals surface area contributed by atoms with Crippen LogP contribution in [0.1, 0.15) is 16.1 Å². The van der Waals surface area contributed by atoms with Crippen molar-refractivity contribution >= 4 is 34.8 Å². The summed E-state index contributed by atoms with van der Waals surface area (Å²) in [6.07, 6.45) is 1.43. The van der Waals surface area contributed by atoms with Crippen LogP contribution in [0, 0.1) is 0 Å². The van der Waals surface area contributed by atoms with Gasteiger partial charge in [0.1, 0.15) is 12.0 Å². The highest BCUT2D eigenvalue weighted by molar-refractivity contribution is 6.39. The topological polar surface area (TPSA) is 81.2 Å². The molecule has 0 fully saturated rings. The number of rotatable bonds is 3. The maximum Gasteiger partial charge on any atom is 0.251 e. The van der Waals surface area contributed by atoms with Crippen LogP contribution in [-0.4, -0.2) is 11.1 Å². The second-order valence-corrected chi connectivity index (χ2v) is 4.34. The predicted molar refractivity (Wildman–Crippen MR) is 68.5 cm³/mol. The van der Waals surface area contributed by atoms with Crippen molar-refractivity contribution in [3.8, 4) is 0 Å². The summed E-state index contributed by atoms with van der Waals surface area (Å²) in [6, 6.07) is 4.57. The Morgan fingerprint density at radius 3 is 2.61 bits per heavy atom. The number of anilines is 1. The van der Waals surface area contributed by atoms with Crippen LogP contribution in [0.5, 0.6) is 0 Å². The number of benzene rings is 1. The van der Waals surface area contributed by atoms with Gasteiger partial charge in [-0.15, -0.1) is 0 Å². The number of amides is 1. The lowest BCUT2D eigenvalue weighted by Crippen LogP contribution is -2.23. The van der Waals surface area contributed by atoms with Gasteiger partial charge in [-0.05, 0) is 12.1 Å². The molecule has 0 bridgehead atoms. The van der Waals surface area contributed by atoms with E-state index < -0.39 is 0 Å². The molecule has 2 rings (SSSR count). The van der Waals surface area contributed by atoms with E-state index in [1.165, 1.54) is 18.4 Å². The number of nitrogens with zero attached hydrogens (tertiary/aromatic N) is 1. The Balaban J connectivity index is 2.09. The number of hydrogen-bond acceptors (Lipinski definition) is 4. The van der Waals surface area contributed by atoms with Gasteiger partial charge < -0.3 is 15.6 Å². The first-order valence-corrected chi connectivity index (χ1v) is 5.75. The van der Waals surface area contributed by atoms with E-state index in [9.17, 15) is 4.79 Å². The van der Waals surface area contributed by atoms with Crippen LogP contribution in [0.25, 0.3) is 0 Å². The van der Waals surface area contributed by atoms with E-state index >= 15 is 0 Å². The van der Waals surface area contributed by atoms with E-state index in [0.29, 0.717) is 11.3 Å². The smallest absolute Gasteiger partial charge is 0.251 e. The van der Waals surface area contributed by atoms with Crippen molar-refractivity contribution in [2.75, 3.05) is 5.73 Å². The van der Waals surface area contributed by atoms with E-state index in [2.05, 4.69) is 15.0 Å². The van der Waals surface area contributed by atoms with Crippen molar-refractivity contribution in [1.82, 2.24) is 10.5 Å².